The molecule has 1 aromatic carbocycles. The van der Waals surface area contributed by atoms with Crippen LogP contribution in [-0.4, -0.2) is 25.2 Å². The summed E-state index contributed by atoms with van der Waals surface area (Å²) in [5, 5.41) is 9.57. The van der Waals surface area contributed by atoms with Gasteiger partial charge in [-0.05, 0) is 12.1 Å². The summed E-state index contributed by atoms with van der Waals surface area (Å²) >= 11 is 11.6. The molecule has 3 nitrogen and oxygen atoms in total. The molecule has 0 saturated heterocycles. The Morgan fingerprint density at radius 2 is 1.93 bits per heavy atom. The molecule has 0 unspecified atom stereocenters. The predicted molar refractivity (Wildman–Crippen MR) is 57.7 cm³/mol. The maximum Gasteiger partial charge on any atom is 0.337 e. The van der Waals surface area contributed by atoms with E-state index in [0.717, 1.165) is 0 Å². The summed E-state index contributed by atoms with van der Waals surface area (Å²) in [7, 11) is 3.45. The molecule has 1 aromatic rings. The van der Waals surface area contributed by atoms with Gasteiger partial charge in [0, 0.05) is 19.1 Å². The Kier molecular flexibility index (Phi) is 3.24. The van der Waals surface area contributed by atoms with Crippen LogP contribution in [0.5, 0.6) is 0 Å². The monoisotopic (exact) mass is 233 g/mol. The highest BCUT2D eigenvalue weighted by Crippen LogP contribution is 2.31. The second-order valence-electron chi connectivity index (χ2n) is 2.98. The summed E-state index contributed by atoms with van der Waals surface area (Å²) < 4.78 is 0. The number of nitrogens with zero attached hydrogens (tertiary/aromatic N) is 1. The average molecular weight is 234 g/mol. The molecule has 0 aliphatic heterocycles. The molecular formula is C9H9Cl2NO2. The van der Waals surface area contributed by atoms with Gasteiger partial charge >= 0.3 is 5.97 Å². The van der Waals surface area contributed by atoms with Crippen LogP contribution >= 0.6 is 23.2 Å². The van der Waals surface area contributed by atoms with Gasteiger partial charge in [0.1, 0.15) is 0 Å². The summed E-state index contributed by atoms with van der Waals surface area (Å²) in [6, 6.07) is 2.90. The number of aromatic carboxylic acids is 1. The Bertz CT molecular complexity index is 377. The molecule has 0 aliphatic rings. The first-order valence-corrected chi connectivity index (χ1v) is 4.58. The summed E-state index contributed by atoms with van der Waals surface area (Å²) in [4.78, 5) is 12.5. The zero-order valence-electron chi connectivity index (χ0n) is 7.71. The Morgan fingerprint density at radius 1 is 1.36 bits per heavy atom. The maximum atomic E-state index is 10.9. The van der Waals surface area contributed by atoms with Crippen molar-refractivity contribution in [3.8, 4) is 0 Å². The van der Waals surface area contributed by atoms with Gasteiger partial charge in [0.05, 0.1) is 16.3 Å². The molecule has 0 saturated carbocycles. The number of benzene rings is 1. The molecule has 0 bridgehead atoms. The number of rotatable bonds is 2. The van der Waals surface area contributed by atoms with E-state index in [-0.39, 0.29) is 5.56 Å². The van der Waals surface area contributed by atoms with Crippen molar-refractivity contribution in [1.29, 1.82) is 0 Å². The van der Waals surface area contributed by atoms with Crippen LogP contribution in [0.4, 0.5) is 5.69 Å². The highest BCUT2D eigenvalue weighted by atomic mass is 35.5. The number of anilines is 1. The fourth-order valence-corrected chi connectivity index (χ4v) is 1.85. The largest absolute Gasteiger partial charge is 0.478 e. The molecule has 1 N–H and O–H groups in total. The number of halogens is 2. The molecule has 76 valence electrons. The number of carboxylic acids is 1. The lowest BCUT2D eigenvalue weighted by molar-refractivity contribution is 0.0697. The van der Waals surface area contributed by atoms with Crippen molar-refractivity contribution in [3.63, 3.8) is 0 Å². The fourth-order valence-electron chi connectivity index (χ4n) is 1.18. The molecular weight excluding hydrogens is 225 g/mol. The SMILES string of the molecule is CN(C)c1c(Cl)cc(Cl)cc1C(=O)O. The van der Waals surface area contributed by atoms with Crippen LogP contribution in [0.3, 0.4) is 0 Å². The predicted octanol–water partition coefficient (Wildman–Crippen LogP) is 2.76. The Balaban J connectivity index is 3.44. The number of hydrogen-bond acceptors (Lipinski definition) is 2. The standard InChI is InChI=1S/C9H9Cl2NO2/c1-12(2)8-6(9(13)14)3-5(10)4-7(8)11/h3-4H,1-2H3,(H,13,14). The van der Waals surface area contributed by atoms with Crippen molar-refractivity contribution in [3.05, 3.63) is 27.7 Å². The molecule has 0 heterocycles. The van der Waals surface area contributed by atoms with Crippen molar-refractivity contribution in [2.24, 2.45) is 0 Å². The van der Waals surface area contributed by atoms with Gasteiger partial charge in [0.15, 0.2) is 0 Å². The highest BCUT2D eigenvalue weighted by Gasteiger charge is 2.16. The van der Waals surface area contributed by atoms with E-state index in [1.165, 1.54) is 12.1 Å². The van der Waals surface area contributed by atoms with Crippen molar-refractivity contribution < 1.29 is 9.90 Å². The van der Waals surface area contributed by atoms with Gasteiger partial charge in [0.2, 0.25) is 0 Å². The lowest BCUT2D eigenvalue weighted by Gasteiger charge is -2.17. The molecule has 5 heteroatoms. The van der Waals surface area contributed by atoms with Gasteiger partial charge in [-0.2, -0.15) is 0 Å². The first-order chi connectivity index (χ1) is 6.43. The smallest absolute Gasteiger partial charge is 0.337 e. The van der Waals surface area contributed by atoms with Gasteiger partial charge in [-0.15, -0.1) is 0 Å². The zero-order chi connectivity index (χ0) is 10.9. The van der Waals surface area contributed by atoms with E-state index in [2.05, 4.69) is 0 Å². The lowest BCUT2D eigenvalue weighted by Crippen LogP contribution is -2.14. The van der Waals surface area contributed by atoms with Gasteiger partial charge in [0.25, 0.3) is 0 Å². The van der Waals surface area contributed by atoms with Crippen LogP contribution in [0.2, 0.25) is 10.0 Å². The number of carboxylic acid groups (broad SMARTS) is 1. The molecule has 0 aliphatic carbocycles. The maximum absolute atomic E-state index is 10.9. The molecule has 0 radical (unpaired) electrons. The van der Waals surface area contributed by atoms with Crippen molar-refractivity contribution in [2.45, 2.75) is 0 Å². The average Bonchev–Trinajstić information content (AvgIpc) is 2.01. The molecule has 1 rings (SSSR count). The number of hydrogen-bond donors (Lipinski definition) is 1. The van der Waals surface area contributed by atoms with Gasteiger partial charge in [-0.3, -0.25) is 0 Å². The van der Waals surface area contributed by atoms with Crippen LogP contribution < -0.4 is 4.90 Å². The third-order valence-corrected chi connectivity index (χ3v) is 2.21. The third-order valence-electron chi connectivity index (χ3n) is 1.71. The van der Waals surface area contributed by atoms with E-state index in [9.17, 15) is 4.79 Å². The zero-order valence-corrected chi connectivity index (χ0v) is 9.23. The molecule has 14 heavy (non-hydrogen) atoms. The van der Waals surface area contributed by atoms with Crippen LogP contribution in [0.15, 0.2) is 12.1 Å². The fraction of sp³-hybridized carbons (Fsp3) is 0.222. The van der Waals surface area contributed by atoms with Crippen LogP contribution in [0.1, 0.15) is 10.4 Å². The Morgan fingerprint density at radius 3 is 2.36 bits per heavy atom. The Labute approximate surface area is 91.8 Å². The van der Waals surface area contributed by atoms with Gasteiger partial charge < -0.3 is 10.0 Å². The summed E-state index contributed by atoms with van der Waals surface area (Å²) in [6.45, 7) is 0. The normalized spacial score (nSPS) is 10.0. The van der Waals surface area contributed by atoms with Crippen LogP contribution in [0, 0.1) is 0 Å². The molecule has 0 fully saturated rings. The van der Waals surface area contributed by atoms with Crippen molar-refractivity contribution in [2.75, 3.05) is 19.0 Å². The van der Waals surface area contributed by atoms with Crippen molar-refractivity contribution in [1.82, 2.24) is 0 Å². The number of carbonyl (C=O) groups is 1. The minimum absolute atomic E-state index is 0.104. The highest BCUT2D eigenvalue weighted by molar-refractivity contribution is 6.37. The van der Waals surface area contributed by atoms with Gasteiger partial charge in [-0.25, -0.2) is 4.79 Å². The van der Waals surface area contributed by atoms with Gasteiger partial charge in [-0.1, -0.05) is 23.2 Å². The van der Waals surface area contributed by atoms with Crippen LogP contribution in [-0.2, 0) is 0 Å². The summed E-state index contributed by atoms with van der Waals surface area (Å²) in [5.41, 5.74) is 0.566. The molecule has 0 spiro atoms. The van der Waals surface area contributed by atoms with E-state index >= 15 is 0 Å². The summed E-state index contributed by atoms with van der Waals surface area (Å²) in [5.74, 6) is -1.04. The van der Waals surface area contributed by atoms with E-state index in [0.29, 0.717) is 15.7 Å². The van der Waals surface area contributed by atoms with E-state index in [4.69, 9.17) is 28.3 Å². The van der Waals surface area contributed by atoms with Crippen LogP contribution in [0.25, 0.3) is 0 Å². The quantitative estimate of drug-likeness (QED) is 0.855. The second kappa shape index (κ2) is 4.07. The lowest BCUT2D eigenvalue weighted by atomic mass is 10.1. The first kappa shape index (κ1) is 11.1. The molecule has 0 amide bonds. The molecule has 0 aromatic heterocycles. The Hall–Kier alpha value is -0.930. The van der Waals surface area contributed by atoms with Crippen molar-refractivity contribution >= 4 is 34.9 Å². The second-order valence-corrected chi connectivity index (χ2v) is 3.83. The first-order valence-electron chi connectivity index (χ1n) is 3.83. The minimum atomic E-state index is -1.04. The van der Waals surface area contributed by atoms with E-state index < -0.39 is 5.97 Å². The molecule has 0 atom stereocenters. The minimum Gasteiger partial charge on any atom is -0.478 e. The topological polar surface area (TPSA) is 40.5 Å². The van der Waals surface area contributed by atoms with E-state index in [1.807, 2.05) is 0 Å². The summed E-state index contributed by atoms with van der Waals surface area (Å²) in [6.07, 6.45) is 0. The third kappa shape index (κ3) is 2.11. The van der Waals surface area contributed by atoms with E-state index in [1.54, 1.807) is 19.0 Å².